The second-order valence-corrected chi connectivity index (χ2v) is 13.0. The molecular weight excluding hydrogens is 609 g/mol. The number of para-hydroxylation sites is 3. The van der Waals surface area contributed by atoms with E-state index in [2.05, 4.69) is 167 Å². The summed E-state index contributed by atoms with van der Waals surface area (Å²) in [5.74, 6) is 0.667. The average Bonchev–Trinajstić information content (AvgIpc) is 3.71. The molecular formula is C46H32N4. The number of fused-ring (bicyclic) bond motifs is 6. The fraction of sp³-hybridized carbons (Fsp3) is 0.0435. The van der Waals surface area contributed by atoms with E-state index in [-0.39, 0.29) is 0 Å². The van der Waals surface area contributed by atoms with Crippen LogP contribution in [0.4, 0.5) is 0 Å². The Morgan fingerprint density at radius 3 is 1.74 bits per heavy atom. The highest BCUT2D eigenvalue weighted by atomic mass is 15.2. The monoisotopic (exact) mass is 640 g/mol. The van der Waals surface area contributed by atoms with Crippen molar-refractivity contribution in [3.05, 3.63) is 176 Å². The van der Waals surface area contributed by atoms with E-state index >= 15 is 0 Å². The number of nitrogens with zero attached hydrogens (tertiary/aromatic N) is 4. The van der Waals surface area contributed by atoms with Gasteiger partial charge in [0.2, 0.25) is 5.95 Å². The molecule has 236 valence electrons. The van der Waals surface area contributed by atoms with Crippen molar-refractivity contribution in [2.75, 3.05) is 0 Å². The van der Waals surface area contributed by atoms with Gasteiger partial charge in [-0.05, 0) is 89.7 Å². The van der Waals surface area contributed by atoms with Crippen molar-refractivity contribution in [2.24, 2.45) is 0 Å². The first-order chi connectivity index (χ1) is 24.8. The summed E-state index contributed by atoms with van der Waals surface area (Å²) in [6.45, 7) is 0. The van der Waals surface area contributed by atoms with Gasteiger partial charge >= 0.3 is 0 Å². The predicted molar refractivity (Wildman–Crippen MR) is 208 cm³/mol. The second-order valence-electron chi connectivity index (χ2n) is 13.0. The smallest absolute Gasteiger partial charge is 0.235 e. The lowest BCUT2D eigenvalue weighted by atomic mass is 9.96. The van der Waals surface area contributed by atoms with Gasteiger partial charge in [0, 0.05) is 39.0 Å². The van der Waals surface area contributed by atoms with Crippen molar-refractivity contribution >= 4 is 49.2 Å². The topological polar surface area (TPSA) is 35.6 Å². The summed E-state index contributed by atoms with van der Waals surface area (Å²) in [5, 5.41) is 4.85. The summed E-state index contributed by atoms with van der Waals surface area (Å²) in [4.78, 5) is 9.93. The zero-order valence-corrected chi connectivity index (χ0v) is 27.4. The van der Waals surface area contributed by atoms with Crippen LogP contribution in [0.3, 0.4) is 0 Å². The molecule has 3 aromatic heterocycles. The van der Waals surface area contributed by atoms with E-state index < -0.39 is 0 Å². The first-order valence-corrected chi connectivity index (χ1v) is 17.2. The van der Waals surface area contributed by atoms with Crippen molar-refractivity contribution in [1.29, 1.82) is 0 Å². The highest BCUT2D eigenvalue weighted by Gasteiger charge is 2.17. The van der Waals surface area contributed by atoms with E-state index in [1.54, 1.807) is 0 Å². The molecule has 0 bridgehead atoms. The summed E-state index contributed by atoms with van der Waals surface area (Å²) in [7, 11) is 0. The van der Waals surface area contributed by atoms with Gasteiger partial charge in [-0.15, -0.1) is 0 Å². The number of benzene rings is 6. The molecule has 1 aliphatic carbocycles. The van der Waals surface area contributed by atoms with Crippen LogP contribution in [-0.2, 0) is 0 Å². The van der Waals surface area contributed by atoms with Crippen LogP contribution >= 0.6 is 0 Å². The molecule has 0 spiro atoms. The van der Waals surface area contributed by atoms with Crippen LogP contribution in [0.5, 0.6) is 0 Å². The standard InChI is InChI=1S/C46H32N4/c1-3-11-31(12-4-1)32-19-21-33(22-20-32)41-27-28-47-46(48-41)50-43-18-10-8-16-38(43)40-30-35(24-26-45(40)50)34-23-25-44-39(29-34)37-15-7-9-17-42(37)49(44)36-13-5-2-6-14-36/h1-3,5-11,13-30H,4,12H2. The number of allylic oxidation sites excluding steroid dienone is 4. The maximum absolute atomic E-state index is 5.12. The third kappa shape index (κ3) is 4.61. The summed E-state index contributed by atoms with van der Waals surface area (Å²) in [6.07, 6.45) is 10.6. The van der Waals surface area contributed by atoms with Gasteiger partial charge < -0.3 is 4.57 Å². The third-order valence-corrected chi connectivity index (χ3v) is 10.1. The van der Waals surface area contributed by atoms with Crippen LogP contribution in [-0.4, -0.2) is 19.1 Å². The van der Waals surface area contributed by atoms with Gasteiger partial charge in [-0.2, -0.15) is 0 Å². The maximum atomic E-state index is 5.12. The Kier molecular flexibility index (Phi) is 6.59. The van der Waals surface area contributed by atoms with Gasteiger partial charge in [-0.1, -0.05) is 109 Å². The van der Waals surface area contributed by atoms with Crippen molar-refractivity contribution in [3.8, 4) is 34.0 Å². The Balaban J connectivity index is 1.08. The van der Waals surface area contributed by atoms with Gasteiger partial charge in [0.1, 0.15) is 0 Å². The molecule has 1 aliphatic rings. The van der Waals surface area contributed by atoms with Gasteiger partial charge in [0.15, 0.2) is 0 Å². The molecule has 0 unspecified atom stereocenters. The molecule has 4 nitrogen and oxygen atoms in total. The lowest BCUT2D eigenvalue weighted by molar-refractivity contribution is 0.992. The largest absolute Gasteiger partial charge is 0.309 e. The van der Waals surface area contributed by atoms with E-state index in [1.165, 1.54) is 60.5 Å². The molecule has 3 heterocycles. The molecule has 0 saturated carbocycles. The summed E-state index contributed by atoms with van der Waals surface area (Å²) in [5.41, 5.74) is 12.8. The number of hydrogen-bond acceptors (Lipinski definition) is 2. The summed E-state index contributed by atoms with van der Waals surface area (Å²) in [6, 6.07) is 52.3. The van der Waals surface area contributed by atoms with E-state index in [9.17, 15) is 0 Å². The Labute approximate surface area is 289 Å². The van der Waals surface area contributed by atoms with Gasteiger partial charge in [-0.25, -0.2) is 9.97 Å². The molecule has 0 saturated heterocycles. The second kappa shape index (κ2) is 11.6. The van der Waals surface area contributed by atoms with E-state index in [1.807, 2.05) is 12.3 Å². The summed E-state index contributed by atoms with van der Waals surface area (Å²) >= 11 is 0. The van der Waals surface area contributed by atoms with Crippen molar-refractivity contribution in [1.82, 2.24) is 19.1 Å². The average molecular weight is 641 g/mol. The van der Waals surface area contributed by atoms with E-state index in [4.69, 9.17) is 9.97 Å². The fourth-order valence-corrected chi connectivity index (χ4v) is 7.69. The predicted octanol–water partition coefficient (Wildman–Crippen LogP) is 11.7. The summed E-state index contributed by atoms with van der Waals surface area (Å²) < 4.78 is 4.56. The van der Waals surface area contributed by atoms with E-state index in [0.717, 1.165) is 35.1 Å². The van der Waals surface area contributed by atoms with Crippen LogP contribution in [0.2, 0.25) is 0 Å². The van der Waals surface area contributed by atoms with Crippen molar-refractivity contribution in [3.63, 3.8) is 0 Å². The molecule has 6 aromatic carbocycles. The molecule has 0 fully saturated rings. The number of hydrogen-bond donors (Lipinski definition) is 0. The molecule has 0 aliphatic heterocycles. The maximum Gasteiger partial charge on any atom is 0.235 e. The lowest BCUT2D eigenvalue weighted by Gasteiger charge is -2.11. The van der Waals surface area contributed by atoms with Gasteiger partial charge in [0.05, 0.1) is 27.8 Å². The van der Waals surface area contributed by atoms with Crippen LogP contribution in [0.15, 0.2) is 170 Å². The molecule has 0 radical (unpaired) electrons. The zero-order chi connectivity index (χ0) is 33.0. The highest BCUT2D eigenvalue weighted by Crippen LogP contribution is 2.38. The SMILES string of the molecule is C1=CCCC(c2ccc(-c3ccnc(-n4c5ccccc5c5cc(-c6ccc7c(c6)c6ccccc6n7-c6ccccc6)ccc54)n3)cc2)=C1. The minimum atomic E-state index is 0.667. The Morgan fingerprint density at radius 2 is 1.06 bits per heavy atom. The molecule has 50 heavy (non-hydrogen) atoms. The Morgan fingerprint density at radius 1 is 0.480 bits per heavy atom. The van der Waals surface area contributed by atoms with Gasteiger partial charge in [-0.3, -0.25) is 4.57 Å². The number of aromatic nitrogens is 4. The van der Waals surface area contributed by atoms with Crippen molar-refractivity contribution < 1.29 is 0 Å². The van der Waals surface area contributed by atoms with Crippen LogP contribution in [0, 0.1) is 0 Å². The molecule has 4 heteroatoms. The lowest BCUT2D eigenvalue weighted by Crippen LogP contribution is -2.01. The zero-order valence-electron chi connectivity index (χ0n) is 27.4. The Hall–Kier alpha value is -6.52. The fourth-order valence-electron chi connectivity index (χ4n) is 7.69. The highest BCUT2D eigenvalue weighted by molar-refractivity contribution is 6.12. The van der Waals surface area contributed by atoms with Crippen LogP contribution in [0.1, 0.15) is 18.4 Å². The normalized spacial score (nSPS) is 13.1. The molecule has 0 N–H and O–H groups in total. The number of rotatable bonds is 5. The first-order valence-electron chi connectivity index (χ1n) is 17.2. The van der Waals surface area contributed by atoms with E-state index in [0.29, 0.717) is 5.95 Å². The minimum Gasteiger partial charge on any atom is -0.309 e. The quantitative estimate of drug-likeness (QED) is 0.188. The third-order valence-electron chi connectivity index (χ3n) is 10.1. The van der Waals surface area contributed by atoms with Crippen LogP contribution in [0.25, 0.3) is 83.2 Å². The molecule has 0 amide bonds. The molecule has 10 rings (SSSR count). The van der Waals surface area contributed by atoms with Crippen LogP contribution < -0.4 is 0 Å². The van der Waals surface area contributed by atoms with Crippen molar-refractivity contribution in [2.45, 2.75) is 12.8 Å². The minimum absolute atomic E-state index is 0.667. The first kappa shape index (κ1) is 28.5. The molecule has 0 atom stereocenters. The van der Waals surface area contributed by atoms with Gasteiger partial charge in [0.25, 0.3) is 0 Å². The molecule has 9 aromatic rings. The Bertz CT molecular complexity index is 2800.